The van der Waals surface area contributed by atoms with Crippen molar-refractivity contribution in [1.82, 2.24) is 9.97 Å². The van der Waals surface area contributed by atoms with E-state index in [-0.39, 0.29) is 24.1 Å². The second-order valence-corrected chi connectivity index (χ2v) is 5.86. The van der Waals surface area contributed by atoms with Crippen molar-refractivity contribution >= 4 is 17.6 Å². The number of esters is 1. The number of para-hydroxylation sites is 1. The van der Waals surface area contributed by atoms with Crippen LogP contribution in [0.25, 0.3) is 0 Å². The van der Waals surface area contributed by atoms with Crippen LogP contribution in [-0.4, -0.2) is 28.5 Å². The maximum Gasteiger partial charge on any atom is 0.359 e. The van der Waals surface area contributed by atoms with E-state index in [4.69, 9.17) is 4.74 Å². The van der Waals surface area contributed by atoms with Gasteiger partial charge in [-0.25, -0.2) is 9.78 Å². The number of hydrogen-bond donors (Lipinski definition) is 1. The third kappa shape index (κ3) is 4.38. The summed E-state index contributed by atoms with van der Waals surface area (Å²) in [4.78, 5) is 31.9. The third-order valence-corrected chi connectivity index (χ3v) is 3.52. The number of rotatable bonds is 5. The highest BCUT2D eigenvalue weighted by Gasteiger charge is 2.15. The van der Waals surface area contributed by atoms with Gasteiger partial charge < -0.3 is 10.1 Å². The van der Waals surface area contributed by atoms with Crippen molar-refractivity contribution in [3.05, 3.63) is 53.1 Å². The van der Waals surface area contributed by atoms with Crippen LogP contribution in [0.1, 0.15) is 47.1 Å². The first-order valence-electron chi connectivity index (χ1n) is 7.73. The highest BCUT2D eigenvalue weighted by Crippen LogP contribution is 2.27. The van der Waals surface area contributed by atoms with E-state index in [2.05, 4.69) is 29.1 Å². The minimum Gasteiger partial charge on any atom is -0.451 e. The summed E-state index contributed by atoms with van der Waals surface area (Å²) in [6, 6.07) is 5.85. The number of carbonyl (C=O) groups excluding carboxylic acids is 2. The summed E-state index contributed by atoms with van der Waals surface area (Å²) in [5.74, 6) is -0.795. The number of nitrogens with zero attached hydrogens (tertiary/aromatic N) is 2. The molecule has 0 saturated carbocycles. The number of amides is 1. The lowest BCUT2D eigenvalue weighted by Crippen LogP contribution is -2.22. The molecule has 0 spiro atoms. The smallest absolute Gasteiger partial charge is 0.359 e. The van der Waals surface area contributed by atoms with Gasteiger partial charge in [-0.1, -0.05) is 32.0 Å². The van der Waals surface area contributed by atoms with Gasteiger partial charge in [0.05, 0.1) is 11.9 Å². The van der Waals surface area contributed by atoms with Crippen LogP contribution in [0.5, 0.6) is 0 Å². The molecule has 6 heteroatoms. The fourth-order valence-electron chi connectivity index (χ4n) is 2.22. The lowest BCUT2D eigenvalue weighted by Gasteiger charge is -2.16. The lowest BCUT2D eigenvalue weighted by molar-refractivity contribution is -0.119. The van der Waals surface area contributed by atoms with Gasteiger partial charge in [0.1, 0.15) is 0 Å². The summed E-state index contributed by atoms with van der Waals surface area (Å²) in [7, 11) is 0. The molecule has 1 amide bonds. The van der Waals surface area contributed by atoms with Gasteiger partial charge in [-0.2, -0.15) is 0 Å². The highest BCUT2D eigenvalue weighted by atomic mass is 16.5. The van der Waals surface area contributed by atoms with Crippen molar-refractivity contribution < 1.29 is 14.3 Å². The van der Waals surface area contributed by atoms with E-state index in [1.54, 1.807) is 6.92 Å². The molecule has 0 aliphatic rings. The van der Waals surface area contributed by atoms with Crippen molar-refractivity contribution in [2.75, 3.05) is 11.9 Å². The van der Waals surface area contributed by atoms with E-state index in [1.165, 1.54) is 12.4 Å². The summed E-state index contributed by atoms with van der Waals surface area (Å²) in [5, 5.41) is 2.82. The van der Waals surface area contributed by atoms with Gasteiger partial charge in [0.25, 0.3) is 5.91 Å². The van der Waals surface area contributed by atoms with Gasteiger partial charge in [0.2, 0.25) is 0 Å². The van der Waals surface area contributed by atoms with E-state index in [0.29, 0.717) is 5.69 Å². The second-order valence-electron chi connectivity index (χ2n) is 5.86. The fraction of sp³-hybridized carbons (Fsp3) is 0.333. The van der Waals surface area contributed by atoms with E-state index in [9.17, 15) is 9.59 Å². The topological polar surface area (TPSA) is 81.2 Å². The minimum absolute atomic E-state index is 0.0761. The first kappa shape index (κ1) is 17.6. The Morgan fingerprint density at radius 3 is 2.54 bits per heavy atom. The molecular formula is C18H21N3O3. The number of aromatic nitrogens is 2. The monoisotopic (exact) mass is 327 g/mol. The number of anilines is 1. The van der Waals surface area contributed by atoms with Crippen LogP contribution < -0.4 is 5.32 Å². The van der Waals surface area contributed by atoms with Gasteiger partial charge in [0.15, 0.2) is 12.3 Å². The first-order chi connectivity index (χ1) is 11.4. The molecule has 0 unspecified atom stereocenters. The minimum atomic E-state index is -0.675. The molecule has 0 fully saturated rings. The molecule has 6 nitrogen and oxygen atoms in total. The Morgan fingerprint density at radius 2 is 1.92 bits per heavy atom. The molecule has 1 aromatic carbocycles. The summed E-state index contributed by atoms with van der Waals surface area (Å²) in [6.07, 6.45) is 2.80. The Balaban J connectivity index is 1.99. The average molecular weight is 327 g/mol. The summed E-state index contributed by atoms with van der Waals surface area (Å²) in [5.41, 5.74) is 3.55. The van der Waals surface area contributed by atoms with Crippen molar-refractivity contribution in [3.8, 4) is 0 Å². The van der Waals surface area contributed by atoms with Crippen molar-refractivity contribution in [2.24, 2.45) is 0 Å². The van der Waals surface area contributed by atoms with Crippen LogP contribution in [0.3, 0.4) is 0 Å². The predicted octanol–water partition coefficient (Wildman–Crippen LogP) is 3.01. The molecule has 0 atom stereocenters. The summed E-state index contributed by atoms with van der Waals surface area (Å²) in [6.45, 7) is 7.43. The van der Waals surface area contributed by atoms with Crippen molar-refractivity contribution in [3.63, 3.8) is 0 Å². The average Bonchev–Trinajstić information content (AvgIpc) is 2.55. The molecule has 2 rings (SSSR count). The fourth-order valence-corrected chi connectivity index (χ4v) is 2.22. The molecule has 1 N–H and O–H groups in total. The predicted molar refractivity (Wildman–Crippen MR) is 90.9 cm³/mol. The molecule has 0 radical (unpaired) electrons. The molecule has 0 aliphatic carbocycles. The van der Waals surface area contributed by atoms with E-state index >= 15 is 0 Å². The summed E-state index contributed by atoms with van der Waals surface area (Å²) >= 11 is 0. The van der Waals surface area contributed by atoms with Crippen molar-refractivity contribution in [1.29, 1.82) is 0 Å². The number of benzene rings is 1. The lowest BCUT2D eigenvalue weighted by atomic mass is 9.98. The molecule has 24 heavy (non-hydrogen) atoms. The standard InChI is InChI=1S/C18H21N3O3/c1-11(2)14-7-5-6-12(3)17(14)21-16(22)10-24-18(23)15-9-19-13(4)8-20-15/h5-9,11H,10H2,1-4H3,(H,21,22). The van der Waals surface area contributed by atoms with Gasteiger partial charge >= 0.3 is 5.97 Å². The molecule has 126 valence electrons. The van der Waals surface area contributed by atoms with Crippen LogP contribution in [0.15, 0.2) is 30.6 Å². The number of ether oxygens (including phenoxy) is 1. The number of carbonyl (C=O) groups is 2. The van der Waals surface area contributed by atoms with E-state index < -0.39 is 5.97 Å². The molecular weight excluding hydrogens is 306 g/mol. The van der Waals surface area contributed by atoms with Gasteiger partial charge in [-0.05, 0) is 30.9 Å². The molecule has 0 bridgehead atoms. The molecule has 1 heterocycles. The Morgan fingerprint density at radius 1 is 1.17 bits per heavy atom. The number of hydrogen-bond acceptors (Lipinski definition) is 5. The largest absolute Gasteiger partial charge is 0.451 e. The number of aryl methyl sites for hydroxylation is 2. The molecule has 1 aromatic heterocycles. The highest BCUT2D eigenvalue weighted by molar-refractivity contribution is 5.95. The van der Waals surface area contributed by atoms with Crippen LogP contribution >= 0.6 is 0 Å². The van der Waals surface area contributed by atoms with Crippen LogP contribution in [0.2, 0.25) is 0 Å². The first-order valence-corrected chi connectivity index (χ1v) is 7.73. The molecule has 2 aromatic rings. The van der Waals surface area contributed by atoms with Crippen LogP contribution in [0, 0.1) is 13.8 Å². The Labute approximate surface area is 141 Å². The normalized spacial score (nSPS) is 10.5. The van der Waals surface area contributed by atoms with Crippen LogP contribution in [-0.2, 0) is 9.53 Å². The Hall–Kier alpha value is -2.76. The maximum absolute atomic E-state index is 12.1. The zero-order chi connectivity index (χ0) is 17.7. The summed E-state index contributed by atoms with van der Waals surface area (Å²) < 4.78 is 4.99. The van der Waals surface area contributed by atoms with Gasteiger partial charge in [0, 0.05) is 11.9 Å². The van der Waals surface area contributed by atoms with E-state index in [0.717, 1.165) is 16.8 Å². The van der Waals surface area contributed by atoms with Crippen molar-refractivity contribution in [2.45, 2.75) is 33.6 Å². The van der Waals surface area contributed by atoms with Gasteiger partial charge in [-0.3, -0.25) is 9.78 Å². The Bertz CT molecular complexity index is 740. The third-order valence-electron chi connectivity index (χ3n) is 3.52. The zero-order valence-corrected chi connectivity index (χ0v) is 14.3. The Kier molecular flexibility index (Phi) is 5.63. The van der Waals surface area contributed by atoms with Gasteiger partial charge in [-0.15, -0.1) is 0 Å². The quantitative estimate of drug-likeness (QED) is 0.854. The maximum atomic E-state index is 12.1. The molecule has 0 saturated heterocycles. The second kappa shape index (κ2) is 7.68. The SMILES string of the molecule is Cc1cnc(C(=O)OCC(=O)Nc2c(C)cccc2C(C)C)cn1. The zero-order valence-electron chi connectivity index (χ0n) is 14.3. The van der Waals surface area contributed by atoms with E-state index in [1.807, 2.05) is 25.1 Å². The molecule has 0 aliphatic heterocycles. The van der Waals surface area contributed by atoms with Crippen LogP contribution in [0.4, 0.5) is 5.69 Å². The number of nitrogens with one attached hydrogen (secondary N) is 1.